The fraction of sp³-hybridized carbons (Fsp3) is 0.312. The molecule has 2 heterocycles. The fourth-order valence-corrected chi connectivity index (χ4v) is 2.72. The first-order valence-electron chi connectivity index (χ1n) is 6.98. The van der Waals surface area contributed by atoms with Crippen LogP contribution >= 0.6 is 11.6 Å². The van der Waals surface area contributed by atoms with Crippen LogP contribution in [0, 0.1) is 6.92 Å². The molecule has 1 fully saturated rings. The average molecular weight is 305 g/mol. The van der Waals surface area contributed by atoms with Gasteiger partial charge in [0.05, 0.1) is 6.26 Å². The highest BCUT2D eigenvalue weighted by Gasteiger charge is 2.24. The first kappa shape index (κ1) is 14.0. The average Bonchev–Trinajstić information content (AvgIpc) is 2.93. The minimum atomic E-state index is -0.0335. The molecule has 5 heteroatoms. The zero-order chi connectivity index (χ0) is 14.8. The van der Waals surface area contributed by atoms with Crippen molar-refractivity contribution in [2.45, 2.75) is 6.92 Å². The van der Waals surface area contributed by atoms with Crippen LogP contribution in [0.1, 0.15) is 16.1 Å². The number of piperazine rings is 1. The van der Waals surface area contributed by atoms with Crippen molar-refractivity contribution in [3.05, 3.63) is 52.9 Å². The Labute approximate surface area is 128 Å². The second kappa shape index (κ2) is 5.82. The summed E-state index contributed by atoms with van der Waals surface area (Å²) in [7, 11) is 0. The van der Waals surface area contributed by atoms with Crippen LogP contribution in [0.15, 0.2) is 41.0 Å². The number of furan rings is 1. The van der Waals surface area contributed by atoms with Crippen LogP contribution in [0.5, 0.6) is 0 Å². The molecular formula is C16H17ClN2O2. The van der Waals surface area contributed by atoms with Crippen LogP contribution < -0.4 is 4.90 Å². The van der Waals surface area contributed by atoms with E-state index in [1.54, 1.807) is 12.3 Å². The topological polar surface area (TPSA) is 36.7 Å². The van der Waals surface area contributed by atoms with E-state index in [4.69, 9.17) is 16.0 Å². The monoisotopic (exact) mass is 304 g/mol. The maximum Gasteiger partial charge on any atom is 0.289 e. The first-order chi connectivity index (χ1) is 10.1. The Hall–Kier alpha value is -1.94. The van der Waals surface area contributed by atoms with Crippen LogP contribution in [0.3, 0.4) is 0 Å². The SMILES string of the molecule is Cc1coc(C(=O)N2CCN(c3cccc(Cl)c3)CC2)c1. The summed E-state index contributed by atoms with van der Waals surface area (Å²) in [5.74, 6) is 0.387. The summed E-state index contributed by atoms with van der Waals surface area (Å²) in [6.07, 6.45) is 1.61. The highest BCUT2D eigenvalue weighted by Crippen LogP contribution is 2.21. The molecule has 1 saturated heterocycles. The lowest BCUT2D eigenvalue weighted by Crippen LogP contribution is -2.48. The molecule has 0 aliphatic carbocycles. The summed E-state index contributed by atoms with van der Waals surface area (Å²) >= 11 is 6.02. The molecule has 1 aliphatic heterocycles. The molecule has 1 aromatic heterocycles. The second-order valence-corrected chi connectivity index (χ2v) is 5.68. The van der Waals surface area contributed by atoms with Crippen molar-refractivity contribution in [2.24, 2.45) is 0 Å². The van der Waals surface area contributed by atoms with Gasteiger partial charge in [0.2, 0.25) is 0 Å². The molecule has 1 aromatic carbocycles. The first-order valence-corrected chi connectivity index (χ1v) is 7.36. The van der Waals surface area contributed by atoms with E-state index in [-0.39, 0.29) is 5.91 Å². The highest BCUT2D eigenvalue weighted by molar-refractivity contribution is 6.30. The van der Waals surface area contributed by atoms with Crippen molar-refractivity contribution in [1.82, 2.24) is 4.90 Å². The van der Waals surface area contributed by atoms with Gasteiger partial charge >= 0.3 is 0 Å². The molecule has 1 aliphatic rings. The van der Waals surface area contributed by atoms with Crippen LogP contribution in [0.25, 0.3) is 0 Å². The van der Waals surface area contributed by atoms with Gasteiger partial charge in [0.15, 0.2) is 5.76 Å². The van der Waals surface area contributed by atoms with E-state index in [9.17, 15) is 4.79 Å². The maximum absolute atomic E-state index is 12.3. The molecule has 0 spiro atoms. The van der Waals surface area contributed by atoms with Gasteiger partial charge in [-0.3, -0.25) is 4.79 Å². The van der Waals surface area contributed by atoms with E-state index in [1.165, 1.54) is 0 Å². The minimum absolute atomic E-state index is 0.0335. The molecule has 0 saturated carbocycles. The zero-order valence-corrected chi connectivity index (χ0v) is 12.6. The van der Waals surface area contributed by atoms with Gasteiger partial charge in [0, 0.05) is 36.9 Å². The number of carbonyl (C=O) groups excluding carboxylic acids is 1. The lowest BCUT2D eigenvalue weighted by atomic mass is 10.2. The Kier molecular flexibility index (Phi) is 3.88. The summed E-state index contributed by atoms with van der Waals surface area (Å²) in [6, 6.07) is 9.59. The van der Waals surface area contributed by atoms with Gasteiger partial charge in [-0.1, -0.05) is 17.7 Å². The predicted octanol–water partition coefficient (Wildman–Crippen LogP) is 3.20. The number of hydrogen-bond donors (Lipinski definition) is 0. The summed E-state index contributed by atoms with van der Waals surface area (Å²) in [4.78, 5) is 16.4. The van der Waals surface area contributed by atoms with E-state index >= 15 is 0 Å². The summed E-state index contributed by atoms with van der Waals surface area (Å²) < 4.78 is 5.28. The third kappa shape index (κ3) is 3.05. The molecule has 110 valence electrons. The summed E-state index contributed by atoms with van der Waals surface area (Å²) in [5, 5.41) is 0.733. The van der Waals surface area contributed by atoms with Crippen LogP contribution in [0.2, 0.25) is 5.02 Å². The third-order valence-electron chi connectivity index (χ3n) is 3.68. The molecule has 3 rings (SSSR count). The van der Waals surface area contributed by atoms with Gasteiger partial charge in [0.1, 0.15) is 0 Å². The van der Waals surface area contributed by atoms with Gasteiger partial charge in [-0.2, -0.15) is 0 Å². The van der Waals surface area contributed by atoms with Crippen molar-refractivity contribution in [3.8, 4) is 0 Å². The van der Waals surface area contributed by atoms with E-state index in [1.807, 2.05) is 36.1 Å². The van der Waals surface area contributed by atoms with E-state index in [2.05, 4.69) is 4.90 Å². The molecule has 0 unspecified atom stereocenters. The number of benzene rings is 1. The van der Waals surface area contributed by atoms with Crippen molar-refractivity contribution in [1.29, 1.82) is 0 Å². The standard InChI is InChI=1S/C16H17ClN2O2/c1-12-9-15(21-11-12)16(20)19-7-5-18(6-8-19)14-4-2-3-13(17)10-14/h2-4,9-11H,5-8H2,1H3. The van der Waals surface area contributed by atoms with Crippen molar-refractivity contribution in [3.63, 3.8) is 0 Å². The van der Waals surface area contributed by atoms with Gasteiger partial charge < -0.3 is 14.2 Å². The van der Waals surface area contributed by atoms with Crippen LogP contribution in [0.4, 0.5) is 5.69 Å². The summed E-state index contributed by atoms with van der Waals surface area (Å²) in [5.41, 5.74) is 2.07. The van der Waals surface area contributed by atoms with Crippen LogP contribution in [-0.2, 0) is 0 Å². The van der Waals surface area contributed by atoms with Gasteiger partial charge in [-0.25, -0.2) is 0 Å². The Morgan fingerprint density at radius 3 is 2.57 bits per heavy atom. The summed E-state index contributed by atoms with van der Waals surface area (Å²) in [6.45, 7) is 4.88. The number of rotatable bonds is 2. The van der Waals surface area contributed by atoms with Crippen molar-refractivity contribution < 1.29 is 9.21 Å². The smallest absolute Gasteiger partial charge is 0.289 e. The van der Waals surface area contributed by atoms with Gasteiger partial charge in [-0.15, -0.1) is 0 Å². The number of aryl methyl sites for hydroxylation is 1. The second-order valence-electron chi connectivity index (χ2n) is 5.25. The van der Waals surface area contributed by atoms with Crippen molar-refractivity contribution >= 4 is 23.2 Å². The largest absolute Gasteiger partial charge is 0.459 e. The lowest BCUT2D eigenvalue weighted by Gasteiger charge is -2.35. The molecule has 21 heavy (non-hydrogen) atoms. The Balaban J connectivity index is 1.64. The van der Waals surface area contributed by atoms with E-state index < -0.39 is 0 Å². The van der Waals surface area contributed by atoms with E-state index in [0.29, 0.717) is 18.8 Å². The molecule has 0 bridgehead atoms. The minimum Gasteiger partial charge on any atom is -0.459 e. The third-order valence-corrected chi connectivity index (χ3v) is 3.92. The number of halogens is 1. The van der Waals surface area contributed by atoms with Crippen LogP contribution in [-0.4, -0.2) is 37.0 Å². The molecule has 0 N–H and O–H groups in total. The highest BCUT2D eigenvalue weighted by atomic mass is 35.5. The fourth-order valence-electron chi connectivity index (χ4n) is 2.54. The molecule has 1 amide bonds. The molecule has 0 radical (unpaired) electrons. The molecule has 0 atom stereocenters. The molecule has 4 nitrogen and oxygen atoms in total. The maximum atomic E-state index is 12.3. The Morgan fingerprint density at radius 1 is 1.19 bits per heavy atom. The van der Waals surface area contributed by atoms with E-state index in [0.717, 1.165) is 29.4 Å². The number of nitrogens with zero attached hydrogens (tertiary/aromatic N) is 2. The quantitative estimate of drug-likeness (QED) is 0.855. The van der Waals surface area contributed by atoms with Gasteiger partial charge in [0.25, 0.3) is 5.91 Å². The molecule has 2 aromatic rings. The Bertz CT molecular complexity index is 645. The number of anilines is 1. The lowest BCUT2D eigenvalue weighted by molar-refractivity contribution is 0.0714. The number of amides is 1. The Morgan fingerprint density at radius 2 is 1.95 bits per heavy atom. The normalized spacial score (nSPS) is 15.3. The van der Waals surface area contributed by atoms with Crippen molar-refractivity contribution in [2.75, 3.05) is 31.1 Å². The van der Waals surface area contributed by atoms with Gasteiger partial charge in [-0.05, 0) is 36.8 Å². The predicted molar refractivity (Wildman–Crippen MR) is 83.0 cm³/mol. The number of hydrogen-bond acceptors (Lipinski definition) is 3. The molecular weight excluding hydrogens is 288 g/mol. The zero-order valence-electron chi connectivity index (χ0n) is 11.9. The number of carbonyl (C=O) groups is 1.